The summed E-state index contributed by atoms with van der Waals surface area (Å²) in [4.78, 5) is 0. The predicted molar refractivity (Wildman–Crippen MR) is 86.8 cm³/mol. The maximum atomic E-state index is 4.45. The summed E-state index contributed by atoms with van der Waals surface area (Å²) in [6.07, 6.45) is 4.10. The highest BCUT2D eigenvalue weighted by atomic mass is 79.9. The standard InChI is InChI=1S/C16H22BrN3/c1-3-9-18-16(13-6-5-7-14(17)12-13)15-8-10-19-20(15)11-4-2/h5-8,10,12,16,18H,3-4,9,11H2,1-2H3. The van der Waals surface area contributed by atoms with Crippen LogP contribution < -0.4 is 5.32 Å². The Bertz CT molecular complexity index is 536. The summed E-state index contributed by atoms with van der Waals surface area (Å²) in [6.45, 7) is 6.32. The van der Waals surface area contributed by atoms with Crippen LogP contribution in [0.25, 0.3) is 0 Å². The van der Waals surface area contributed by atoms with Crippen LogP contribution in [0.1, 0.15) is 44.0 Å². The van der Waals surface area contributed by atoms with E-state index in [4.69, 9.17) is 0 Å². The van der Waals surface area contributed by atoms with Gasteiger partial charge in [-0.3, -0.25) is 4.68 Å². The molecule has 1 aromatic heterocycles. The zero-order valence-corrected chi connectivity index (χ0v) is 13.7. The number of aromatic nitrogens is 2. The van der Waals surface area contributed by atoms with Crippen molar-refractivity contribution in [2.75, 3.05) is 6.54 Å². The summed E-state index contributed by atoms with van der Waals surface area (Å²) in [5.41, 5.74) is 2.50. The highest BCUT2D eigenvalue weighted by Gasteiger charge is 2.17. The zero-order chi connectivity index (χ0) is 14.4. The predicted octanol–water partition coefficient (Wildman–Crippen LogP) is 4.14. The first-order chi connectivity index (χ1) is 9.76. The fourth-order valence-electron chi connectivity index (χ4n) is 2.35. The van der Waals surface area contributed by atoms with Crippen molar-refractivity contribution in [2.24, 2.45) is 0 Å². The Hall–Kier alpha value is -1.13. The third kappa shape index (κ3) is 3.70. The number of nitrogens with zero attached hydrogens (tertiary/aromatic N) is 2. The summed E-state index contributed by atoms with van der Waals surface area (Å²) in [5.74, 6) is 0. The van der Waals surface area contributed by atoms with Crippen LogP contribution >= 0.6 is 15.9 Å². The lowest BCUT2D eigenvalue weighted by Gasteiger charge is -2.20. The van der Waals surface area contributed by atoms with Crippen molar-refractivity contribution in [3.63, 3.8) is 0 Å². The van der Waals surface area contributed by atoms with Crippen molar-refractivity contribution < 1.29 is 0 Å². The quantitative estimate of drug-likeness (QED) is 0.823. The minimum Gasteiger partial charge on any atom is -0.305 e. The first-order valence-corrected chi connectivity index (χ1v) is 8.06. The van der Waals surface area contributed by atoms with E-state index in [9.17, 15) is 0 Å². The zero-order valence-electron chi connectivity index (χ0n) is 12.1. The van der Waals surface area contributed by atoms with Crippen molar-refractivity contribution in [1.82, 2.24) is 15.1 Å². The van der Waals surface area contributed by atoms with E-state index >= 15 is 0 Å². The van der Waals surface area contributed by atoms with Crippen molar-refractivity contribution >= 4 is 15.9 Å². The molecule has 0 amide bonds. The lowest BCUT2D eigenvalue weighted by atomic mass is 10.0. The van der Waals surface area contributed by atoms with Gasteiger partial charge >= 0.3 is 0 Å². The molecule has 0 fully saturated rings. The SMILES string of the molecule is CCCNC(c1cccc(Br)c1)c1ccnn1CCC. The van der Waals surface area contributed by atoms with Gasteiger partial charge in [-0.2, -0.15) is 5.10 Å². The number of nitrogens with one attached hydrogen (secondary N) is 1. The lowest BCUT2D eigenvalue weighted by Crippen LogP contribution is -2.26. The van der Waals surface area contributed by atoms with Crippen LogP contribution in [0.4, 0.5) is 0 Å². The Balaban J connectivity index is 2.33. The third-order valence-electron chi connectivity index (χ3n) is 3.26. The van der Waals surface area contributed by atoms with Crippen LogP contribution in [0.2, 0.25) is 0 Å². The second-order valence-corrected chi connectivity index (χ2v) is 5.84. The molecule has 1 heterocycles. The molecule has 0 saturated heterocycles. The number of rotatable bonds is 7. The molecule has 0 aliphatic carbocycles. The monoisotopic (exact) mass is 335 g/mol. The third-order valence-corrected chi connectivity index (χ3v) is 3.75. The molecule has 0 bridgehead atoms. The van der Waals surface area contributed by atoms with Gasteiger partial charge in [0.15, 0.2) is 0 Å². The van der Waals surface area contributed by atoms with Gasteiger partial charge in [0.2, 0.25) is 0 Å². The number of aryl methyl sites for hydroxylation is 1. The Kier molecular flexibility index (Phi) is 5.80. The Labute approximate surface area is 129 Å². The van der Waals surface area contributed by atoms with Gasteiger partial charge in [0.1, 0.15) is 0 Å². The molecule has 1 N–H and O–H groups in total. The summed E-state index contributed by atoms with van der Waals surface area (Å²) in [6, 6.07) is 10.8. The molecule has 3 nitrogen and oxygen atoms in total. The topological polar surface area (TPSA) is 29.9 Å². The van der Waals surface area contributed by atoms with E-state index in [2.05, 4.69) is 75.2 Å². The molecular weight excluding hydrogens is 314 g/mol. The van der Waals surface area contributed by atoms with Gasteiger partial charge in [-0.15, -0.1) is 0 Å². The number of hydrogen-bond acceptors (Lipinski definition) is 2. The molecule has 2 rings (SSSR count). The van der Waals surface area contributed by atoms with E-state index in [1.807, 2.05) is 6.20 Å². The molecular formula is C16H22BrN3. The highest BCUT2D eigenvalue weighted by molar-refractivity contribution is 9.10. The second kappa shape index (κ2) is 7.60. The molecule has 0 aliphatic rings. The number of hydrogen-bond donors (Lipinski definition) is 1. The van der Waals surface area contributed by atoms with Gasteiger partial charge in [0.05, 0.1) is 11.7 Å². The molecule has 108 valence electrons. The summed E-state index contributed by atoms with van der Waals surface area (Å²) < 4.78 is 3.22. The van der Waals surface area contributed by atoms with Gasteiger partial charge < -0.3 is 5.32 Å². The van der Waals surface area contributed by atoms with Gasteiger partial charge in [0.25, 0.3) is 0 Å². The van der Waals surface area contributed by atoms with Crippen molar-refractivity contribution in [3.8, 4) is 0 Å². The molecule has 4 heteroatoms. The highest BCUT2D eigenvalue weighted by Crippen LogP contribution is 2.24. The first-order valence-electron chi connectivity index (χ1n) is 7.26. The fourth-order valence-corrected chi connectivity index (χ4v) is 2.77. The van der Waals surface area contributed by atoms with Gasteiger partial charge in [-0.05, 0) is 43.1 Å². The lowest BCUT2D eigenvalue weighted by molar-refractivity contribution is 0.511. The average molecular weight is 336 g/mol. The maximum absolute atomic E-state index is 4.45. The largest absolute Gasteiger partial charge is 0.305 e. The number of benzene rings is 1. The van der Waals surface area contributed by atoms with Crippen LogP contribution in [0, 0.1) is 0 Å². The van der Waals surface area contributed by atoms with E-state index in [1.54, 1.807) is 0 Å². The summed E-state index contributed by atoms with van der Waals surface area (Å²) in [5, 5.41) is 8.08. The van der Waals surface area contributed by atoms with E-state index in [0.29, 0.717) is 0 Å². The van der Waals surface area contributed by atoms with Crippen LogP contribution in [-0.2, 0) is 6.54 Å². The van der Waals surface area contributed by atoms with Crippen molar-refractivity contribution in [3.05, 3.63) is 52.3 Å². The Morgan fingerprint density at radius 3 is 2.80 bits per heavy atom. The molecule has 0 aliphatic heterocycles. The van der Waals surface area contributed by atoms with Gasteiger partial charge in [-0.25, -0.2) is 0 Å². The minimum atomic E-state index is 0.196. The maximum Gasteiger partial charge on any atom is 0.0748 e. The Morgan fingerprint density at radius 2 is 2.10 bits per heavy atom. The molecule has 1 unspecified atom stereocenters. The normalized spacial score (nSPS) is 12.6. The minimum absolute atomic E-state index is 0.196. The fraction of sp³-hybridized carbons (Fsp3) is 0.438. The van der Waals surface area contributed by atoms with Crippen molar-refractivity contribution in [1.29, 1.82) is 0 Å². The van der Waals surface area contributed by atoms with Crippen LogP contribution in [0.5, 0.6) is 0 Å². The van der Waals surface area contributed by atoms with E-state index in [1.165, 1.54) is 11.3 Å². The van der Waals surface area contributed by atoms with Crippen LogP contribution in [0.15, 0.2) is 41.0 Å². The van der Waals surface area contributed by atoms with E-state index < -0.39 is 0 Å². The summed E-state index contributed by atoms with van der Waals surface area (Å²) in [7, 11) is 0. The Morgan fingerprint density at radius 1 is 1.25 bits per heavy atom. The smallest absolute Gasteiger partial charge is 0.0748 e. The number of halogens is 1. The first kappa shape index (κ1) is 15.3. The average Bonchev–Trinajstić information content (AvgIpc) is 2.88. The molecule has 0 radical (unpaired) electrons. The van der Waals surface area contributed by atoms with Gasteiger partial charge in [0, 0.05) is 17.2 Å². The van der Waals surface area contributed by atoms with Crippen molar-refractivity contribution in [2.45, 2.75) is 39.3 Å². The van der Waals surface area contributed by atoms with E-state index in [-0.39, 0.29) is 6.04 Å². The van der Waals surface area contributed by atoms with Gasteiger partial charge in [-0.1, -0.05) is 41.9 Å². The molecule has 1 atom stereocenters. The molecule has 1 aromatic carbocycles. The molecule has 0 saturated carbocycles. The van der Waals surface area contributed by atoms with Crippen LogP contribution in [0.3, 0.4) is 0 Å². The summed E-state index contributed by atoms with van der Waals surface area (Å²) >= 11 is 3.56. The second-order valence-electron chi connectivity index (χ2n) is 4.92. The van der Waals surface area contributed by atoms with E-state index in [0.717, 1.165) is 30.4 Å². The molecule has 2 aromatic rings. The molecule has 20 heavy (non-hydrogen) atoms. The van der Waals surface area contributed by atoms with Crippen LogP contribution in [-0.4, -0.2) is 16.3 Å². The molecule has 0 spiro atoms.